The molecule has 148 valence electrons. The van der Waals surface area contributed by atoms with Gasteiger partial charge in [0.15, 0.2) is 0 Å². The van der Waals surface area contributed by atoms with E-state index in [4.69, 9.17) is 0 Å². The van der Waals surface area contributed by atoms with Crippen molar-refractivity contribution < 1.29 is 9.18 Å². The van der Waals surface area contributed by atoms with Gasteiger partial charge >= 0.3 is 0 Å². The molecular formula is C19H33FN4OS. The van der Waals surface area contributed by atoms with Gasteiger partial charge in [-0.2, -0.15) is 0 Å². The molecule has 0 spiro atoms. The van der Waals surface area contributed by atoms with Crippen molar-refractivity contribution in [3.63, 3.8) is 0 Å². The van der Waals surface area contributed by atoms with Crippen LogP contribution in [-0.2, 0) is 4.79 Å². The number of hydrogen-bond acceptors (Lipinski definition) is 5. The van der Waals surface area contributed by atoms with Gasteiger partial charge in [-0.15, -0.1) is 11.8 Å². The van der Waals surface area contributed by atoms with E-state index in [9.17, 15) is 9.18 Å². The molecular weight excluding hydrogens is 351 g/mol. The molecule has 2 aliphatic heterocycles. The number of alkyl halides is 1. The molecule has 2 heterocycles. The van der Waals surface area contributed by atoms with Crippen LogP contribution in [0, 0.1) is 17.8 Å². The van der Waals surface area contributed by atoms with E-state index in [2.05, 4.69) is 35.3 Å². The van der Waals surface area contributed by atoms with Gasteiger partial charge in [-0.3, -0.25) is 4.79 Å². The average molecular weight is 385 g/mol. The molecule has 0 aromatic carbocycles. The van der Waals surface area contributed by atoms with Crippen molar-refractivity contribution in [1.29, 1.82) is 0 Å². The van der Waals surface area contributed by atoms with Crippen molar-refractivity contribution in [2.45, 2.75) is 93.8 Å². The first-order valence-electron chi connectivity index (χ1n) is 10.4. The number of hydrazine groups is 1. The Hall–Kier alpha value is -0.370. The molecule has 9 unspecified atom stereocenters. The van der Waals surface area contributed by atoms with E-state index in [1.54, 1.807) is 0 Å². The predicted molar refractivity (Wildman–Crippen MR) is 103 cm³/mol. The van der Waals surface area contributed by atoms with Gasteiger partial charge in [0.05, 0.1) is 16.8 Å². The lowest BCUT2D eigenvalue weighted by atomic mass is 9.77. The van der Waals surface area contributed by atoms with Crippen LogP contribution in [-0.4, -0.2) is 41.0 Å². The van der Waals surface area contributed by atoms with Crippen LogP contribution < -0.4 is 21.5 Å². The monoisotopic (exact) mass is 384 g/mol. The first-order chi connectivity index (χ1) is 12.5. The minimum Gasteiger partial charge on any atom is -0.352 e. The Kier molecular flexibility index (Phi) is 5.79. The SMILES string of the molecule is CC1NNC(C2CCCC(NC(=O)C3CC4C(F)CCC(C)C4N3)C2)S1. The van der Waals surface area contributed by atoms with Crippen molar-refractivity contribution in [2.75, 3.05) is 0 Å². The maximum Gasteiger partial charge on any atom is 0.237 e. The Labute approximate surface area is 160 Å². The maximum atomic E-state index is 14.3. The topological polar surface area (TPSA) is 65.2 Å². The molecule has 2 saturated heterocycles. The molecule has 1 amide bonds. The summed E-state index contributed by atoms with van der Waals surface area (Å²) in [6.07, 6.45) is 5.96. The number of halogens is 1. The minimum atomic E-state index is -0.750. The van der Waals surface area contributed by atoms with Gasteiger partial charge in [0, 0.05) is 18.0 Å². The third kappa shape index (κ3) is 3.91. The number of rotatable bonds is 3. The van der Waals surface area contributed by atoms with E-state index in [0.717, 1.165) is 25.7 Å². The Morgan fingerprint density at radius 1 is 1.12 bits per heavy atom. The standard InChI is InChI=1S/C19H33FN4OS/c1-10-6-7-15(20)14-9-16(22-17(10)14)18(25)21-13-5-3-4-12(8-13)19-24-23-11(2)26-19/h10-17,19,22-24H,3-9H2,1-2H3,(H,21,25). The molecule has 0 radical (unpaired) electrons. The molecule has 4 rings (SSSR count). The molecule has 9 atom stereocenters. The molecule has 0 aromatic heterocycles. The van der Waals surface area contributed by atoms with Gasteiger partial charge in [-0.25, -0.2) is 15.2 Å². The molecule has 2 aliphatic carbocycles. The van der Waals surface area contributed by atoms with E-state index in [0.29, 0.717) is 35.4 Å². The Morgan fingerprint density at radius 2 is 1.96 bits per heavy atom. The van der Waals surface area contributed by atoms with E-state index >= 15 is 0 Å². The van der Waals surface area contributed by atoms with Crippen LogP contribution in [0.4, 0.5) is 4.39 Å². The third-order valence-electron chi connectivity index (χ3n) is 6.92. The minimum absolute atomic E-state index is 0.0141. The largest absolute Gasteiger partial charge is 0.352 e. The van der Waals surface area contributed by atoms with Crippen LogP contribution in [0.3, 0.4) is 0 Å². The number of fused-ring (bicyclic) bond motifs is 1. The highest BCUT2D eigenvalue weighted by Crippen LogP contribution is 2.39. The van der Waals surface area contributed by atoms with Crippen LogP contribution in [0.2, 0.25) is 0 Å². The zero-order chi connectivity index (χ0) is 18.3. The summed E-state index contributed by atoms with van der Waals surface area (Å²) in [6.45, 7) is 4.36. The van der Waals surface area contributed by atoms with Crippen molar-refractivity contribution in [3.8, 4) is 0 Å². The average Bonchev–Trinajstić information content (AvgIpc) is 3.26. The lowest BCUT2D eigenvalue weighted by Crippen LogP contribution is -2.50. The van der Waals surface area contributed by atoms with E-state index in [1.165, 1.54) is 6.42 Å². The summed E-state index contributed by atoms with van der Waals surface area (Å²) in [5.41, 5.74) is 6.68. The second-order valence-corrected chi connectivity index (χ2v) is 10.3. The summed E-state index contributed by atoms with van der Waals surface area (Å²) in [5.74, 6) is 1.15. The van der Waals surface area contributed by atoms with Gasteiger partial charge in [0.25, 0.3) is 0 Å². The molecule has 4 aliphatic rings. The Morgan fingerprint density at radius 3 is 2.69 bits per heavy atom. The molecule has 4 N–H and O–H groups in total. The smallest absolute Gasteiger partial charge is 0.237 e. The first-order valence-corrected chi connectivity index (χ1v) is 11.3. The number of thioether (sulfide) groups is 1. The molecule has 0 aromatic rings. The molecule has 4 fully saturated rings. The van der Waals surface area contributed by atoms with Gasteiger partial charge in [0.2, 0.25) is 5.91 Å². The highest BCUT2D eigenvalue weighted by atomic mass is 32.2. The van der Waals surface area contributed by atoms with Crippen LogP contribution in [0.1, 0.15) is 58.8 Å². The predicted octanol–water partition coefficient (Wildman–Crippen LogP) is 2.29. The maximum absolute atomic E-state index is 14.3. The van der Waals surface area contributed by atoms with Crippen molar-refractivity contribution in [3.05, 3.63) is 0 Å². The second kappa shape index (κ2) is 7.94. The summed E-state index contributed by atoms with van der Waals surface area (Å²) in [7, 11) is 0. The van der Waals surface area contributed by atoms with Crippen LogP contribution in [0.25, 0.3) is 0 Å². The lowest BCUT2D eigenvalue weighted by Gasteiger charge is -2.34. The summed E-state index contributed by atoms with van der Waals surface area (Å²) in [5, 5.41) is 7.62. The van der Waals surface area contributed by atoms with Crippen LogP contribution in [0.5, 0.6) is 0 Å². The molecule has 2 saturated carbocycles. The number of hydrogen-bond donors (Lipinski definition) is 4. The second-order valence-electron chi connectivity index (χ2n) is 8.84. The van der Waals surface area contributed by atoms with E-state index in [1.807, 2.05) is 11.8 Å². The first kappa shape index (κ1) is 19.0. The summed E-state index contributed by atoms with van der Waals surface area (Å²) < 4.78 is 14.3. The van der Waals surface area contributed by atoms with Crippen molar-refractivity contribution in [2.24, 2.45) is 17.8 Å². The number of carbonyl (C=O) groups excluding carboxylic acids is 1. The van der Waals surface area contributed by atoms with E-state index in [-0.39, 0.29) is 30.0 Å². The zero-order valence-corrected chi connectivity index (χ0v) is 16.7. The van der Waals surface area contributed by atoms with Crippen molar-refractivity contribution in [1.82, 2.24) is 21.5 Å². The molecule has 7 heteroatoms. The van der Waals surface area contributed by atoms with Crippen LogP contribution in [0.15, 0.2) is 0 Å². The Balaban J connectivity index is 1.30. The van der Waals surface area contributed by atoms with Crippen molar-refractivity contribution >= 4 is 17.7 Å². The fourth-order valence-electron chi connectivity index (χ4n) is 5.45. The summed E-state index contributed by atoms with van der Waals surface area (Å²) in [6, 6.07) is 0.202. The molecule has 5 nitrogen and oxygen atoms in total. The van der Waals surface area contributed by atoms with Gasteiger partial charge in [-0.1, -0.05) is 13.3 Å². The number of amides is 1. The number of carbonyl (C=O) groups is 1. The van der Waals surface area contributed by atoms with Gasteiger partial charge < -0.3 is 10.6 Å². The van der Waals surface area contributed by atoms with Gasteiger partial charge in [-0.05, 0) is 57.3 Å². The van der Waals surface area contributed by atoms with Gasteiger partial charge in [0.1, 0.15) is 6.17 Å². The normalized spacial score (nSPS) is 49.0. The zero-order valence-electron chi connectivity index (χ0n) is 15.8. The quantitative estimate of drug-likeness (QED) is 0.601. The summed E-state index contributed by atoms with van der Waals surface area (Å²) in [4.78, 5) is 12.8. The highest BCUT2D eigenvalue weighted by molar-refractivity contribution is 8.00. The fraction of sp³-hybridized carbons (Fsp3) is 0.947. The number of nitrogens with one attached hydrogen (secondary N) is 4. The molecule has 0 bridgehead atoms. The Bertz CT molecular complexity index is 506. The van der Waals surface area contributed by atoms with E-state index < -0.39 is 6.17 Å². The van der Waals surface area contributed by atoms with Crippen LogP contribution >= 0.6 is 11.8 Å². The molecule has 26 heavy (non-hydrogen) atoms. The summed E-state index contributed by atoms with van der Waals surface area (Å²) >= 11 is 1.94. The highest BCUT2D eigenvalue weighted by Gasteiger charge is 2.46. The third-order valence-corrected chi connectivity index (χ3v) is 8.25. The lowest BCUT2D eigenvalue weighted by molar-refractivity contribution is -0.124. The fourth-order valence-corrected chi connectivity index (χ4v) is 6.63.